The number of anilines is 1. The zero-order valence-electron chi connectivity index (χ0n) is 10.3. The Hall–Kier alpha value is -2.17. The molecule has 18 heavy (non-hydrogen) atoms. The molecule has 0 radical (unpaired) electrons. The molecule has 2 heterocycles. The molecular formula is C13H16N4O. The Morgan fingerprint density at radius 1 is 1.28 bits per heavy atom. The Bertz CT molecular complexity index is 565. The molecule has 0 unspecified atom stereocenters. The Morgan fingerprint density at radius 2 is 2.11 bits per heavy atom. The molecule has 5 heteroatoms. The molecule has 0 amide bonds. The lowest BCUT2D eigenvalue weighted by Gasteiger charge is -2.10. The predicted octanol–water partition coefficient (Wildman–Crippen LogP) is 1.51. The minimum atomic E-state index is -0.109. The van der Waals surface area contributed by atoms with E-state index in [4.69, 9.17) is 0 Å². The van der Waals surface area contributed by atoms with Crippen LogP contribution in [0.15, 0.2) is 41.5 Å². The van der Waals surface area contributed by atoms with Crippen LogP contribution in [0.25, 0.3) is 0 Å². The van der Waals surface area contributed by atoms with Crippen LogP contribution in [0.4, 0.5) is 5.82 Å². The summed E-state index contributed by atoms with van der Waals surface area (Å²) >= 11 is 0. The van der Waals surface area contributed by atoms with Gasteiger partial charge < -0.3 is 5.32 Å². The van der Waals surface area contributed by atoms with Crippen LogP contribution in [0.3, 0.4) is 0 Å². The van der Waals surface area contributed by atoms with Crippen LogP contribution in [0.5, 0.6) is 0 Å². The number of hydrogen-bond acceptors (Lipinski definition) is 4. The van der Waals surface area contributed by atoms with Crippen molar-refractivity contribution in [3.05, 3.63) is 52.6 Å². The molecule has 0 atom stereocenters. The van der Waals surface area contributed by atoms with Crippen molar-refractivity contribution in [3.8, 4) is 0 Å². The van der Waals surface area contributed by atoms with Gasteiger partial charge in [-0.3, -0.25) is 4.79 Å². The number of nitrogens with one attached hydrogen (secondary N) is 1. The molecule has 5 nitrogen and oxygen atoms in total. The maximum Gasteiger partial charge on any atom is 0.267 e. The van der Waals surface area contributed by atoms with Crippen molar-refractivity contribution in [3.63, 3.8) is 0 Å². The minimum absolute atomic E-state index is 0.109. The van der Waals surface area contributed by atoms with Gasteiger partial charge in [-0.1, -0.05) is 13.0 Å². The molecular weight excluding hydrogens is 228 g/mol. The van der Waals surface area contributed by atoms with Gasteiger partial charge in [0.2, 0.25) is 0 Å². The molecule has 0 aliphatic heterocycles. The molecule has 1 N–H and O–H groups in total. The fraction of sp³-hybridized carbons (Fsp3) is 0.308. The smallest absolute Gasteiger partial charge is 0.267 e. The number of aromatic nitrogens is 3. The van der Waals surface area contributed by atoms with Crippen LogP contribution < -0.4 is 10.9 Å². The average Bonchev–Trinajstić information content (AvgIpc) is 2.40. The Labute approximate surface area is 105 Å². The molecule has 0 aliphatic carbocycles. The summed E-state index contributed by atoms with van der Waals surface area (Å²) < 4.78 is 1.42. The fourth-order valence-corrected chi connectivity index (χ4v) is 1.64. The van der Waals surface area contributed by atoms with Crippen molar-refractivity contribution in [2.75, 3.05) is 11.9 Å². The van der Waals surface area contributed by atoms with Crippen LogP contribution in [0.1, 0.15) is 18.9 Å². The summed E-state index contributed by atoms with van der Waals surface area (Å²) in [5.41, 5.74) is 0.856. The first-order valence-electron chi connectivity index (χ1n) is 6.01. The fourth-order valence-electron chi connectivity index (χ4n) is 1.64. The Morgan fingerprint density at radius 3 is 2.89 bits per heavy atom. The first-order chi connectivity index (χ1) is 8.81. The van der Waals surface area contributed by atoms with Crippen LogP contribution in [-0.2, 0) is 6.54 Å². The first kappa shape index (κ1) is 12.3. The van der Waals surface area contributed by atoms with Gasteiger partial charge in [0.15, 0.2) is 0 Å². The van der Waals surface area contributed by atoms with E-state index in [0.717, 1.165) is 24.3 Å². The minimum Gasteiger partial charge on any atom is -0.370 e. The second-order valence-electron chi connectivity index (χ2n) is 3.96. The number of hydrogen-bond donors (Lipinski definition) is 1. The maximum absolute atomic E-state index is 11.6. The molecule has 0 bridgehead atoms. The van der Waals surface area contributed by atoms with E-state index in [-0.39, 0.29) is 5.56 Å². The zero-order chi connectivity index (χ0) is 12.8. The monoisotopic (exact) mass is 244 g/mol. The first-order valence-corrected chi connectivity index (χ1v) is 6.01. The molecule has 0 aromatic carbocycles. The number of pyridine rings is 1. The average molecular weight is 244 g/mol. The van der Waals surface area contributed by atoms with Crippen LogP contribution in [-0.4, -0.2) is 21.3 Å². The topological polar surface area (TPSA) is 59.8 Å². The highest BCUT2D eigenvalue weighted by Crippen LogP contribution is 2.11. The van der Waals surface area contributed by atoms with E-state index in [1.54, 1.807) is 18.5 Å². The quantitative estimate of drug-likeness (QED) is 0.866. The summed E-state index contributed by atoms with van der Waals surface area (Å²) in [6.07, 6.45) is 4.37. The van der Waals surface area contributed by atoms with E-state index in [1.807, 2.05) is 12.1 Å². The van der Waals surface area contributed by atoms with Gasteiger partial charge in [-0.25, -0.2) is 9.67 Å². The van der Waals surface area contributed by atoms with Gasteiger partial charge in [-0.2, -0.15) is 5.10 Å². The van der Waals surface area contributed by atoms with E-state index in [1.165, 1.54) is 10.7 Å². The van der Waals surface area contributed by atoms with Crippen LogP contribution in [0.2, 0.25) is 0 Å². The molecule has 2 aromatic rings. The Balaban J connectivity index is 2.23. The predicted molar refractivity (Wildman–Crippen MR) is 70.6 cm³/mol. The summed E-state index contributed by atoms with van der Waals surface area (Å²) in [4.78, 5) is 15.9. The molecule has 94 valence electrons. The summed E-state index contributed by atoms with van der Waals surface area (Å²) in [5.74, 6) is 0.817. The van der Waals surface area contributed by atoms with E-state index in [9.17, 15) is 4.79 Å². The van der Waals surface area contributed by atoms with E-state index in [0.29, 0.717) is 6.54 Å². The van der Waals surface area contributed by atoms with Gasteiger partial charge in [0.1, 0.15) is 5.82 Å². The third-order valence-electron chi connectivity index (χ3n) is 2.54. The maximum atomic E-state index is 11.6. The molecule has 0 saturated heterocycles. The highest BCUT2D eigenvalue weighted by atomic mass is 16.1. The summed E-state index contributed by atoms with van der Waals surface area (Å²) in [7, 11) is 0. The summed E-state index contributed by atoms with van der Waals surface area (Å²) in [5, 5.41) is 7.29. The van der Waals surface area contributed by atoms with Crippen molar-refractivity contribution in [2.45, 2.75) is 19.9 Å². The van der Waals surface area contributed by atoms with Gasteiger partial charge in [0.25, 0.3) is 5.56 Å². The highest BCUT2D eigenvalue weighted by molar-refractivity contribution is 5.43. The van der Waals surface area contributed by atoms with Gasteiger partial charge >= 0.3 is 0 Å². The molecule has 2 aromatic heterocycles. The van der Waals surface area contributed by atoms with E-state index < -0.39 is 0 Å². The van der Waals surface area contributed by atoms with Gasteiger partial charge in [-0.05, 0) is 18.6 Å². The Kier molecular flexibility index (Phi) is 4.06. The normalized spacial score (nSPS) is 10.3. The lowest BCUT2D eigenvalue weighted by molar-refractivity contribution is 0.638. The highest BCUT2D eigenvalue weighted by Gasteiger charge is 2.04. The lowest BCUT2D eigenvalue weighted by Crippen LogP contribution is -2.22. The van der Waals surface area contributed by atoms with Crippen molar-refractivity contribution < 1.29 is 0 Å². The number of nitrogens with zero attached hydrogens (tertiary/aromatic N) is 3. The molecule has 0 saturated carbocycles. The summed E-state index contributed by atoms with van der Waals surface area (Å²) in [6.45, 7) is 3.39. The lowest BCUT2D eigenvalue weighted by atomic mass is 10.2. The standard InChI is InChI=1S/C13H16N4O/c1-2-7-14-13-11(5-3-8-15-13)10-17-12(18)6-4-9-16-17/h3-6,8-9H,2,7,10H2,1H3,(H,14,15). The van der Waals surface area contributed by atoms with E-state index in [2.05, 4.69) is 22.3 Å². The molecule has 0 aliphatic rings. The summed E-state index contributed by atoms with van der Waals surface area (Å²) in [6, 6.07) is 6.95. The third-order valence-corrected chi connectivity index (χ3v) is 2.54. The van der Waals surface area contributed by atoms with Crippen molar-refractivity contribution in [1.82, 2.24) is 14.8 Å². The SMILES string of the molecule is CCCNc1ncccc1Cn1ncccc1=O. The van der Waals surface area contributed by atoms with E-state index >= 15 is 0 Å². The van der Waals surface area contributed by atoms with Crippen LogP contribution >= 0.6 is 0 Å². The third kappa shape index (κ3) is 2.94. The molecule has 0 fully saturated rings. The van der Waals surface area contributed by atoms with Gasteiger partial charge in [-0.15, -0.1) is 0 Å². The van der Waals surface area contributed by atoms with Crippen molar-refractivity contribution in [1.29, 1.82) is 0 Å². The number of rotatable bonds is 5. The zero-order valence-corrected chi connectivity index (χ0v) is 10.3. The van der Waals surface area contributed by atoms with Crippen molar-refractivity contribution >= 4 is 5.82 Å². The van der Waals surface area contributed by atoms with Gasteiger partial charge in [0, 0.05) is 30.6 Å². The second-order valence-corrected chi connectivity index (χ2v) is 3.96. The molecule has 0 spiro atoms. The largest absolute Gasteiger partial charge is 0.370 e. The van der Waals surface area contributed by atoms with Crippen LogP contribution in [0, 0.1) is 0 Å². The second kappa shape index (κ2) is 5.95. The molecule has 2 rings (SSSR count). The van der Waals surface area contributed by atoms with Gasteiger partial charge in [0.05, 0.1) is 6.54 Å². The van der Waals surface area contributed by atoms with Crippen molar-refractivity contribution in [2.24, 2.45) is 0 Å².